The van der Waals surface area contributed by atoms with Gasteiger partial charge in [0.2, 0.25) is 0 Å². The lowest BCUT2D eigenvalue weighted by atomic mass is 9.85. The Bertz CT molecular complexity index is 781. The van der Waals surface area contributed by atoms with Crippen molar-refractivity contribution in [3.8, 4) is 0 Å². The second kappa shape index (κ2) is 6.15. The molecule has 0 saturated carbocycles. The van der Waals surface area contributed by atoms with Crippen molar-refractivity contribution in [2.75, 3.05) is 13.6 Å². The predicted molar refractivity (Wildman–Crippen MR) is 86.2 cm³/mol. The molecule has 24 heavy (non-hydrogen) atoms. The van der Waals surface area contributed by atoms with Crippen molar-refractivity contribution in [3.63, 3.8) is 0 Å². The fraction of sp³-hybridized carbons (Fsp3) is 0.211. The van der Waals surface area contributed by atoms with Crippen LogP contribution in [-0.4, -0.2) is 24.3 Å². The minimum Gasteiger partial charge on any atom is -0.379 e. The molecule has 2 aromatic rings. The van der Waals surface area contributed by atoms with Gasteiger partial charge in [0.05, 0.1) is 11.5 Å². The molecule has 0 aromatic heterocycles. The highest BCUT2D eigenvalue weighted by atomic mass is 19.4. The molecule has 0 bridgehead atoms. The van der Waals surface area contributed by atoms with Crippen molar-refractivity contribution >= 4 is 11.4 Å². The summed E-state index contributed by atoms with van der Waals surface area (Å²) in [5, 5.41) is 0. The largest absolute Gasteiger partial charge is 0.416 e. The van der Waals surface area contributed by atoms with Crippen LogP contribution in [0.15, 0.2) is 60.8 Å². The van der Waals surface area contributed by atoms with Gasteiger partial charge in [0.1, 0.15) is 0 Å². The monoisotopic (exact) mass is 331 g/mol. The quantitative estimate of drug-likeness (QED) is 0.816. The first-order valence-electron chi connectivity index (χ1n) is 7.55. The fourth-order valence-corrected chi connectivity index (χ4v) is 2.92. The van der Waals surface area contributed by atoms with E-state index in [-0.39, 0.29) is 5.78 Å². The van der Waals surface area contributed by atoms with Gasteiger partial charge in [-0.25, -0.2) is 0 Å². The summed E-state index contributed by atoms with van der Waals surface area (Å²) in [6.07, 6.45) is -2.67. The van der Waals surface area contributed by atoms with E-state index in [0.29, 0.717) is 17.7 Å². The minimum absolute atomic E-state index is 0.154. The second-order valence-electron chi connectivity index (χ2n) is 5.89. The third-order valence-electron chi connectivity index (χ3n) is 4.10. The van der Waals surface area contributed by atoms with Crippen LogP contribution in [0, 0.1) is 0 Å². The van der Waals surface area contributed by atoms with E-state index < -0.39 is 17.7 Å². The van der Waals surface area contributed by atoms with Gasteiger partial charge in [-0.15, -0.1) is 0 Å². The number of benzene rings is 2. The van der Waals surface area contributed by atoms with Crippen molar-refractivity contribution < 1.29 is 18.0 Å². The van der Waals surface area contributed by atoms with Gasteiger partial charge in [-0.3, -0.25) is 4.79 Å². The summed E-state index contributed by atoms with van der Waals surface area (Å²) in [6.45, 7) is 0.358. The van der Waals surface area contributed by atoms with Crippen LogP contribution in [0.4, 0.5) is 13.2 Å². The van der Waals surface area contributed by atoms with Crippen LogP contribution in [-0.2, 0) is 11.0 Å². The third kappa shape index (κ3) is 3.20. The van der Waals surface area contributed by atoms with Crippen molar-refractivity contribution in [2.45, 2.75) is 12.1 Å². The highest BCUT2D eigenvalue weighted by Crippen LogP contribution is 2.34. The predicted octanol–water partition coefficient (Wildman–Crippen LogP) is 4.34. The van der Waals surface area contributed by atoms with Crippen LogP contribution in [0.5, 0.6) is 0 Å². The number of carbonyl (C=O) groups excluding carboxylic acids is 1. The third-order valence-corrected chi connectivity index (χ3v) is 4.10. The summed E-state index contributed by atoms with van der Waals surface area (Å²) in [4.78, 5) is 14.7. The summed E-state index contributed by atoms with van der Waals surface area (Å²) < 4.78 is 38.8. The highest BCUT2D eigenvalue weighted by Gasteiger charge is 2.34. The van der Waals surface area contributed by atoms with Crippen molar-refractivity contribution in [2.24, 2.45) is 0 Å². The first-order valence-corrected chi connectivity index (χ1v) is 7.55. The lowest BCUT2D eigenvalue weighted by Crippen LogP contribution is -2.32. The molecular weight excluding hydrogens is 315 g/mol. The number of nitrogens with zero attached hydrogens (tertiary/aromatic N) is 1. The number of allylic oxidation sites excluding steroid dienone is 1. The Morgan fingerprint density at radius 2 is 1.75 bits per heavy atom. The van der Waals surface area contributed by atoms with Gasteiger partial charge >= 0.3 is 6.18 Å². The van der Waals surface area contributed by atoms with Gasteiger partial charge in [-0.1, -0.05) is 48.5 Å². The summed E-state index contributed by atoms with van der Waals surface area (Å²) >= 11 is 0. The summed E-state index contributed by atoms with van der Waals surface area (Å²) in [6, 6.07) is 14.2. The minimum atomic E-state index is -4.42. The molecular formula is C19H16F3NO. The molecule has 0 amide bonds. The number of halogens is 3. The topological polar surface area (TPSA) is 20.3 Å². The van der Waals surface area contributed by atoms with Gasteiger partial charge in [0, 0.05) is 25.4 Å². The van der Waals surface area contributed by atoms with E-state index in [1.807, 2.05) is 42.3 Å². The van der Waals surface area contributed by atoms with Crippen LogP contribution in [0.1, 0.15) is 22.6 Å². The summed E-state index contributed by atoms with van der Waals surface area (Å²) in [5.74, 6) is -0.767. The Balaban J connectivity index is 1.99. The molecule has 2 aromatic carbocycles. The number of hydrogen-bond acceptors (Lipinski definition) is 2. The fourth-order valence-electron chi connectivity index (χ4n) is 2.92. The molecule has 0 radical (unpaired) electrons. The molecule has 5 heteroatoms. The molecule has 0 spiro atoms. The number of hydrogen-bond donors (Lipinski definition) is 0. The van der Waals surface area contributed by atoms with E-state index in [2.05, 4.69) is 0 Å². The first kappa shape index (κ1) is 16.3. The SMILES string of the molecule is CN1C=C(c2ccccc2)C(=O)C(c2cccc(C(F)(F)F)c2)C1. The number of likely N-dealkylation sites (N-methyl/N-ethyl adjacent to an activating group) is 1. The lowest BCUT2D eigenvalue weighted by molar-refractivity contribution is -0.137. The zero-order chi connectivity index (χ0) is 17.3. The van der Waals surface area contributed by atoms with Gasteiger partial charge in [-0.05, 0) is 17.2 Å². The maximum Gasteiger partial charge on any atom is 0.416 e. The molecule has 0 saturated heterocycles. The molecule has 1 aliphatic heterocycles. The molecule has 2 nitrogen and oxygen atoms in total. The second-order valence-corrected chi connectivity index (χ2v) is 5.89. The Morgan fingerprint density at radius 3 is 2.42 bits per heavy atom. The number of Topliss-reactive ketones (excluding diaryl/α,β-unsaturated/α-hetero) is 1. The average molecular weight is 331 g/mol. The van der Waals surface area contributed by atoms with Gasteiger partial charge < -0.3 is 4.90 Å². The van der Waals surface area contributed by atoms with Crippen LogP contribution in [0.3, 0.4) is 0 Å². The Morgan fingerprint density at radius 1 is 1.04 bits per heavy atom. The Labute approximate surface area is 138 Å². The first-order chi connectivity index (χ1) is 11.4. The van der Waals surface area contributed by atoms with Crippen LogP contribution in [0.25, 0.3) is 5.57 Å². The van der Waals surface area contributed by atoms with E-state index >= 15 is 0 Å². The van der Waals surface area contributed by atoms with E-state index in [1.165, 1.54) is 6.07 Å². The Hall–Kier alpha value is -2.56. The number of rotatable bonds is 2. The molecule has 3 rings (SSSR count). The van der Waals surface area contributed by atoms with Crippen molar-refractivity contribution in [1.82, 2.24) is 4.90 Å². The number of carbonyl (C=O) groups is 1. The maximum absolute atomic E-state index is 12.9. The van der Waals surface area contributed by atoms with Crippen LogP contribution >= 0.6 is 0 Å². The lowest BCUT2D eigenvalue weighted by Gasteiger charge is -2.29. The molecule has 1 aliphatic rings. The molecule has 124 valence electrons. The average Bonchev–Trinajstić information content (AvgIpc) is 2.57. The molecule has 1 atom stereocenters. The number of ketones is 1. The summed E-state index contributed by atoms with van der Waals surface area (Å²) in [5.41, 5.74) is 0.951. The highest BCUT2D eigenvalue weighted by molar-refractivity contribution is 6.24. The normalized spacial score (nSPS) is 18.5. The molecule has 0 N–H and O–H groups in total. The van der Waals surface area contributed by atoms with E-state index in [0.717, 1.165) is 17.7 Å². The zero-order valence-electron chi connectivity index (χ0n) is 13.0. The van der Waals surface area contributed by atoms with Crippen LogP contribution in [0.2, 0.25) is 0 Å². The van der Waals surface area contributed by atoms with Crippen molar-refractivity contribution in [3.05, 3.63) is 77.5 Å². The molecule has 0 fully saturated rings. The van der Waals surface area contributed by atoms with Gasteiger partial charge in [0.15, 0.2) is 5.78 Å². The summed E-state index contributed by atoms with van der Waals surface area (Å²) in [7, 11) is 1.82. The smallest absolute Gasteiger partial charge is 0.379 e. The number of alkyl halides is 3. The van der Waals surface area contributed by atoms with E-state index in [4.69, 9.17) is 0 Å². The van der Waals surface area contributed by atoms with E-state index in [9.17, 15) is 18.0 Å². The Kier molecular flexibility index (Phi) is 4.18. The van der Waals surface area contributed by atoms with E-state index in [1.54, 1.807) is 12.3 Å². The van der Waals surface area contributed by atoms with Crippen molar-refractivity contribution in [1.29, 1.82) is 0 Å². The zero-order valence-corrected chi connectivity index (χ0v) is 13.0. The maximum atomic E-state index is 12.9. The van der Waals surface area contributed by atoms with Gasteiger partial charge in [-0.2, -0.15) is 13.2 Å². The standard InChI is InChI=1S/C19H16F3NO/c1-23-11-16(13-6-3-2-4-7-13)18(24)17(12-23)14-8-5-9-15(10-14)19(20,21)22/h2-11,17H,12H2,1H3. The van der Waals surface area contributed by atoms with Crippen LogP contribution < -0.4 is 0 Å². The van der Waals surface area contributed by atoms with Gasteiger partial charge in [0.25, 0.3) is 0 Å². The molecule has 1 unspecified atom stereocenters. The molecule has 1 heterocycles. The molecule has 0 aliphatic carbocycles.